The number of rotatable bonds is 1. The minimum absolute atomic E-state index is 1.07. The molecule has 10 heavy (non-hydrogen) atoms. The number of allylic oxidation sites excluding steroid dienone is 1. The Kier molecular flexibility index (Phi) is 39.0. The van der Waals surface area contributed by atoms with Crippen molar-refractivity contribution >= 4 is 0 Å². The van der Waals surface area contributed by atoms with Crippen LogP contribution in [0.3, 0.4) is 0 Å². The molecule has 0 aromatic carbocycles. The molecule has 0 amide bonds. The summed E-state index contributed by atoms with van der Waals surface area (Å²) in [5, 5.41) is 0. The molecular weight excluding hydrogens is 122 g/mol. The number of terminal acetylenes is 1. The third-order valence-electron chi connectivity index (χ3n) is 0.842. The smallest absolute Gasteiger partial charge is 0.00734 e. The van der Waals surface area contributed by atoms with Crippen LogP contribution in [-0.4, -0.2) is 0 Å². The molecule has 0 rings (SSSR count). The second-order valence-corrected chi connectivity index (χ2v) is 1.37. The van der Waals surface area contributed by atoms with Crippen molar-refractivity contribution in [2.75, 3.05) is 0 Å². The van der Waals surface area contributed by atoms with Crippen LogP contribution in [0.15, 0.2) is 11.8 Å². The molecule has 0 spiro atoms. The molecule has 0 aliphatic rings. The lowest BCUT2D eigenvalue weighted by atomic mass is 10.3. The zero-order chi connectivity index (χ0) is 8.99. The summed E-state index contributed by atoms with van der Waals surface area (Å²) < 4.78 is 0. The first-order valence-electron chi connectivity index (χ1n) is 3.52. The second-order valence-electron chi connectivity index (χ2n) is 1.37. The maximum atomic E-state index is 5.12. The number of hydrogen-bond acceptors (Lipinski definition) is 1. The van der Waals surface area contributed by atoms with Crippen LogP contribution in [0.2, 0.25) is 0 Å². The van der Waals surface area contributed by atoms with Crippen LogP contribution in [0, 0.1) is 12.8 Å². The summed E-state index contributed by atoms with van der Waals surface area (Å²) in [6.45, 7) is 8.10. The van der Waals surface area contributed by atoms with Gasteiger partial charge in [0.1, 0.15) is 0 Å². The Morgan fingerprint density at radius 3 is 1.70 bits per heavy atom. The van der Waals surface area contributed by atoms with Gasteiger partial charge in [0.15, 0.2) is 0 Å². The van der Waals surface area contributed by atoms with E-state index in [0.717, 1.165) is 6.42 Å². The van der Waals surface area contributed by atoms with Crippen LogP contribution >= 0.6 is 0 Å². The third-order valence-corrected chi connectivity index (χ3v) is 0.842. The van der Waals surface area contributed by atoms with Crippen molar-refractivity contribution in [2.45, 2.75) is 34.1 Å². The molecule has 0 fully saturated rings. The molecule has 1 nitrogen and oxygen atoms in total. The van der Waals surface area contributed by atoms with Crippen LogP contribution in [0.4, 0.5) is 0 Å². The van der Waals surface area contributed by atoms with E-state index in [0.29, 0.717) is 0 Å². The van der Waals surface area contributed by atoms with Gasteiger partial charge in [-0.2, -0.15) is 0 Å². The van der Waals surface area contributed by atoms with E-state index in [9.17, 15) is 0 Å². The molecule has 0 aliphatic carbocycles. The zero-order valence-electron chi connectivity index (χ0n) is 7.52. The molecule has 2 N–H and O–H groups in total. The van der Waals surface area contributed by atoms with Gasteiger partial charge in [-0.15, -0.1) is 12.8 Å². The van der Waals surface area contributed by atoms with Gasteiger partial charge in [0, 0.05) is 0 Å². The van der Waals surface area contributed by atoms with Gasteiger partial charge in [-0.1, -0.05) is 26.3 Å². The first-order valence-corrected chi connectivity index (χ1v) is 3.52. The molecule has 0 aromatic rings. The molecule has 0 atom stereocenters. The maximum Gasteiger partial charge on any atom is -0.00734 e. The highest BCUT2D eigenvalue weighted by Gasteiger charge is 1.73. The van der Waals surface area contributed by atoms with Crippen LogP contribution in [-0.2, 0) is 0 Å². The van der Waals surface area contributed by atoms with Gasteiger partial charge < -0.3 is 5.73 Å². The van der Waals surface area contributed by atoms with Crippen molar-refractivity contribution in [1.82, 2.24) is 0 Å². The molecule has 0 radical (unpaired) electrons. The van der Waals surface area contributed by atoms with Crippen LogP contribution in [0.1, 0.15) is 34.1 Å². The van der Waals surface area contributed by atoms with Gasteiger partial charge in [0.05, 0.1) is 0 Å². The van der Waals surface area contributed by atoms with Gasteiger partial charge in [-0.05, 0) is 19.5 Å². The fourth-order valence-corrected chi connectivity index (χ4v) is 0.118. The molecule has 1 heteroatoms. The van der Waals surface area contributed by atoms with E-state index in [2.05, 4.69) is 19.8 Å². The first-order chi connectivity index (χ1) is 4.81. The molecule has 0 unspecified atom stereocenters. The van der Waals surface area contributed by atoms with Crippen LogP contribution < -0.4 is 5.73 Å². The largest absolute Gasteiger partial charge is 0.405 e. The van der Waals surface area contributed by atoms with Crippen molar-refractivity contribution in [3.63, 3.8) is 0 Å². The van der Waals surface area contributed by atoms with Gasteiger partial charge in [0.2, 0.25) is 0 Å². The molecule has 0 aromatic heterocycles. The van der Waals surface area contributed by atoms with Gasteiger partial charge in [0.25, 0.3) is 0 Å². The van der Waals surface area contributed by atoms with Crippen molar-refractivity contribution in [3.8, 4) is 12.8 Å². The summed E-state index contributed by atoms with van der Waals surface area (Å²) in [5.74, 6) is 0. The van der Waals surface area contributed by atoms with E-state index in [1.54, 1.807) is 6.20 Å². The summed E-state index contributed by atoms with van der Waals surface area (Å²) in [5.41, 5.74) is 6.37. The topological polar surface area (TPSA) is 26.0 Å². The summed E-state index contributed by atoms with van der Waals surface area (Å²) in [6.07, 6.45) is 10.7. The highest BCUT2D eigenvalue weighted by Crippen LogP contribution is 1.91. The number of nitrogens with two attached hydrogens (primary N) is 1. The highest BCUT2D eigenvalue weighted by atomic mass is 14.5. The highest BCUT2D eigenvalue weighted by molar-refractivity contribution is 4.92. The molecule has 0 saturated heterocycles. The summed E-state index contributed by atoms with van der Waals surface area (Å²) in [7, 11) is 0. The Bertz CT molecular complexity index is 80.0. The lowest BCUT2D eigenvalue weighted by molar-refractivity contribution is 1.09. The summed E-state index contributed by atoms with van der Waals surface area (Å²) in [4.78, 5) is 0. The molecule has 60 valence electrons. The Morgan fingerprint density at radius 2 is 1.70 bits per heavy atom. The average molecular weight is 141 g/mol. The maximum absolute atomic E-state index is 5.12. The van der Waals surface area contributed by atoms with E-state index in [1.807, 2.05) is 20.8 Å². The van der Waals surface area contributed by atoms with E-state index in [4.69, 9.17) is 5.73 Å². The molecule has 0 bridgehead atoms. The lowest BCUT2D eigenvalue weighted by Gasteiger charge is -1.85. The Hall–Kier alpha value is -0.900. The Labute approximate surface area is 65.3 Å². The Balaban J connectivity index is -0.000000105. The van der Waals surface area contributed by atoms with Crippen LogP contribution in [0.5, 0.6) is 0 Å². The second kappa shape index (κ2) is 24.3. The van der Waals surface area contributed by atoms with E-state index in [-0.39, 0.29) is 0 Å². The predicted molar refractivity (Wildman–Crippen MR) is 49.5 cm³/mol. The standard InChI is InChI=1S/C5H11N.C2H6.C2H2/c1-3-5(2)4-6;2*1-2/h4H,3,6H2,1-2H3;1-2H3;1-2H/b5-4-;;. The van der Waals surface area contributed by atoms with Crippen molar-refractivity contribution in [1.29, 1.82) is 0 Å². The average Bonchev–Trinajstić information content (AvgIpc) is 2.10. The van der Waals surface area contributed by atoms with Gasteiger partial charge in [-0.3, -0.25) is 0 Å². The SMILES string of the molecule is C#C.CC.CC/C(C)=C\N. The quantitative estimate of drug-likeness (QED) is 0.558. The minimum atomic E-state index is 1.07. The van der Waals surface area contributed by atoms with Crippen LogP contribution in [0.25, 0.3) is 0 Å². The van der Waals surface area contributed by atoms with E-state index in [1.165, 1.54) is 5.57 Å². The summed E-state index contributed by atoms with van der Waals surface area (Å²) >= 11 is 0. The van der Waals surface area contributed by atoms with Gasteiger partial charge in [-0.25, -0.2) is 0 Å². The summed E-state index contributed by atoms with van der Waals surface area (Å²) in [6, 6.07) is 0. The molecule has 0 heterocycles. The monoisotopic (exact) mass is 141 g/mol. The first kappa shape index (κ1) is 16.0. The van der Waals surface area contributed by atoms with Gasteiger partial charge >= 0.3 is 0 Å². The molecular formula is C9H19N. The fourth-order valence-electron chi connectivity index (χ4n) is 0.118. The van der Waals surface area contributed by atoms with E-state index < -0.39 is 0 Å². The van der Waals surface area contributed by atoms with E-state index >= 15 is 0 Å². The van der Waals surface area contributed by atoms with Crippen molar-refractivity contribution in [3.05, 3.63) is 11.8 Å². The van der Waals surface area contributed by atoms with Crippen molar-refractivity contribution in [2.24, 2.45) is 5.73 Å². The zero-order valence-corrected chi connectivity index (χ0v) is 7.52. The predicted octanol–water partition coefficient (Wildman–Crippen LogP) is 2.53. The normalized spacial score (nSPS) is 8.00. The molecule has 0 saturated carbocycles. The minimum Gasteiger partial charge on any atom is -0.405 e. The molecule has 0 aliphatic heterocycles. The fraction of sp³-hybridized carbons (Fsp3) is 0.556. The Morgan fingerprint density at radius 1 is 1.40 bits per heavy atom. The third kappa shape index (κ3) is 27.5. The number of hydrogen-bond donors (Lipinski definition) is 1. The van der Waals surface area contributed by atoms with Crippen molar-refractivity contribution < 1.29 is 0 Å². The lowest BCUT2D eigenvalue weighted by Crippen LogP contribution is -1.80.